The normalized spacial score (nSPS) is 14.5. The van der Waals surface area contributed by atoms with Gasteiger partial charge in [0.2, 0.25) is 5.69 Å². The molecule has 1 aliphatic heterocycles. The van der Waals surface area contributed by atoms with Crippen molar-refractivity contribution in [3.8, 4) is 16.3 Å². The second-order valence-electron chi connectivity index (χ2n) is 7.64. The summed E-state index contributed by atoms with van der Waals surface area (Å²) in [7, 11) is 0. The summed E-state index contributed by atoms with van der Waals surface area (Å²) in [5.74, 6) is 0.859. The van der Waals surface area contributed by atoms with Crippen LogP contribution in [0.15, 0.2) is 18.2 Å². The van der Waals surface area contributed by atoms with Crippen molar-refractivity contribution in [2.75, 3.05) is 46.0 Å². The first-order chi connectivity index (χ1) is 14.5. The molecule has 7 nitrogen and oxygen atoms in total. The zero-order chi connectivity index (χ0) is 21.5. The number of thiazole rings is 1. The second-order valence-corrected chi connectivity index (χ2v) is 8.64. The van der Waals surface area contributed by atoms with Gasteiger partial charge in [0.25, 0.3) is 5.91 Å². The Hall–Kier alpha value is -2.47. The first-order valence-electron chi connectivity index (χ1n) is 10.2. The molecule has 1 aromatic heterocycles. The van der Waals surface area contributed by atoms with E-state index in [0.717, 1.165) is 43.4 Å². The molecule has 8 heteroatoms. The summed E-state index contributed by atoms with van der Waals surface area (Å²) in [5.41, 5.74) is 1.97. The van der Waals surface area contributed by atoms with Gasteiger partial charge in [0.15, 0.2) is 0 Å². The van der Waals surface area contributed by atoms with Crippen LogP contribution in [0.4, 0.5) is 5.69 Å². The summed E-state index contributed by atoms with van der Waals surface area (Å²) in [6.45, 7) is 18.7. The van der Waals surface area contributed by atoms with E-state index < -0.39 is 0 Å². The van der Waals surface area contributed by atoms with Crippen molar-refractivity contribution in [1.29, 1.82) is 0 Å². The Balaban J connectivity index is 1.66. The summed E-state index contributed by atoms with van der Waals surface area (Å²) in [6, 6.07) is 5.48. The van der Waals surface area contributed by atoms with E-state index in [2.05, 4.69) is 33.9 Å². The molecule has 0 spiro atoms. The van der Waals surface area contributed by atoms with Gasteiger partial charge in [-0.3, -0.25) is 9.69 Å². The van der Waals surface area contributed by atoms with Gasteiger partial charge in [-0.1, -0.05) is 19.9 Å². The van der Waals surface area contributed by atoms with E-state index in [0.29, 0.717) is 41.1 Å². The molecular formula is C22H28N4O3S. The molecule has 160 valence electrons. The quantitative estimate of drug-likeness (QED) is 0.649. The Morgan fingerprint density at radius 1 is 1.40 bits per heavy atom. The number of aromatic nitrogens is 1. The molecule has 0 bridgehead atoms. The van der Waals surface area contributed by atoms with Crippen LogP contribution in [0.5, 0.6) is 5.75 Å². The monoisotopic (exact) mass is 428 g/mol. The number of amides is 1. The smallest absolute Gasteiger partial charge is 0.263 e. The van der Waals surface area contributed by atoms with Gasteiger partial charge >= 0.3 is 0 Å². The SMILES string of the molecule is [C-]#[N+]c1cc(-c2nc(C)c(C(=O)NCCN3CCOCC3)s2)ccc1OCC(C)C. The number of nitrogens with one attached hydrogen (secondary N) is 1. The molecule has 1 aliphatic rings. The van der Waals surface area contributed by atoms with Crippen LogP contribution in [0.25, 0.3) is 15.4 Å². The largest absolute Gasteiger partial charge is 0.504 e. The van der Waals surface area contributed by atoms with Crippen molar-refractivity contribution in [2.45, 2.75) is 20.8 Å². The number of carbonyl (C=O) groups is 1. The number of hydrogen-bond acceptors (Lipinski definition) is 6. The maximum absolute atomic E-state index is 12.6. The van der Waals surface area contributed by atoms with Gasteiger partial charge in [-0.05, 0) is 25.0 Å². The molecule has 0 unspecified atom stereocenters. The first-order valence-corrected chi connectivity index (χ1v) is 11.0. The molecule has 1 N–H and O–H groups in total. The Morgan fingerprint density at radius 2 is 2.17 bits per heavy atom. The number of morpholine rings is 1. The first kappa shape index (κ1) is 22.2. The van der Waals surface area contributed by atoms with E-state index >= 15 is 0 Å². The highest BCUT2D eigenvalue weighted by molar-refractivity contribution is 7.17. The summed E-state index contributed by atoms with van der Waals surface area (Å²) >= 11 is 1.35. The minimum absolute atomic E-state index is 0.105. The van der Waals surface area contributed by atoms with Crippen molar-refractivity contribution in [3.05, 3.63) is 40.2 Å². The summed E-state index contributed by atoms with van der Waals surface area (Å²) in [4.78, 5) is 23.7. The van der Waals surface area contributed by atoms with Crippen LogP contribution in [-0.4, -0.2) is 61.8 Å². The molecule has 0 atom stereocenters. The Kier molecular flexibility index (Phi) is 7.80. The minimum atomic E-state index is -0.105. The fourth-order valence-corrected chi connectivity index (χ4v) is 4.06. The third kappa shape index (κ3) is 5.79. The third-order valence-electron chi connectivity index (χ3n) is 4.72. The molecule has 2 aromatic rings. The summed E-state index contributed by atoms with van der Waals surface area (Å²) in [6.07, 6.45) is 0. The zero-order valence-corrected chi connectivity index (χ0v) is 18.6. The fourth-order valence-electron chi connectivity index (χ4n) is 3.08. The van der Waals surface area contributed by atoms with Gasteiger partial charge in [0.05, 0.1) is 32.1 Å². The molecule has 0 saturated carbocycles. The van der Waals surface area contributed by atoms with Crippen LogP contribution < -0.4 is 10.1 Å². The van der Waals surface area contributed by atoms with E-state index in [-0.39, 0.29) is 5.91 Å². The third-order valence-corrected chi connectivity index (χ3v) is 5.92. The van der Waals surface area contributed by atoms with Crippen LogP contribution in [0.2, 0.25) is 0 Å². The van der Waals surface area contributed by atoms with E-state index in [1.54, 1.807) is 6.07 Å². The van der Waals surface area contributed by atoms with E-state index in [1.807, 2.05) is 19.1 Å². The molecular weight excluding hydrogens is 400 g/mol. The van der Waals surface area contributed by atoms with Gasteiger partial charge < -0.3 is 14.8 Å². The van der Waals surface area contributed by atoms with E-state index in [9.17, 15) is 4.79 Å². The summed E-state index contributed by atoms with van der Waals surface area (Å²) < 4.78 is 11.1. The maximum atomic E-state index is 12.6. The maximum Gasteiger partial charge on any atom is 0.263 e. The number of nitrogens with zero attached hydrogens (tertiary/aromatic N) is 3. The second kappa shape index (κ2) is 10.5. The number of rotatable bonds is 8. The van der Waals surface area contributed by atoms with Gasteiger partial charge in [-0.25, -0.2) is 9.83 Å². The van der Waals surface area contributed by atoms with Crippen molar-refractivity contribution >= 4 is 22.9 Å². The topological polar surface area (TPSA) is 68.1 Å². The van der Waals surface area contributed by atoms with Crippen molar-refractivity contribution in [2.24, 2.45) is 5.92 Å². The average molecular weight is 429 g/mol. The molecule has 30 heavy (non-hydrogen) atoms. The highest BCUT2D eigenvalue weighted by atomic mass is 32.1. The van der Waals surface area contributed by atoms with Crippen LogP contribution in [0, 0.1) is 19.4 Å². The standard InChI is InChI=1S/C22H28N4O3S/c1-15(2)14-29-19-6-5-17(13-18(19)23-4)22-25-16(3)20(30-22)21(27)24-7-8-26-9-11-28-12-10-26/h5-6,13,15H,7-12,14H2,1-3H3,(H,24,27). The lowest BCUT2D eigenvalue weighted by molar-refractivity contribution is 0.0383. The van der Waals surface area contributed by atoms with Gasteiger partial charge in [0.1, 0.15) is 15.6 Å². The minimum Gasteiger partial charge on any atom is -0.504 e. The molecule has 0 aliphatic carbocycles. The molecule has 3 rings (SSSR count). The summed E-state index contributed by atoms with van der Waals surface area (Å²) in [5, 5.41) is 3.72. The lowest BCUT2D eigenvalue weighted by Gasteiger charge is -2.26. The number of hydrogen-bond donors (Lipinski definition) is 1. The van der Waals surface area contributed by atoms with Crippen molar-refractivity contribution in [1.82, 2.24) is 15.2 Å². The number of aryl methyl sites for hydroxylation is 1. The number of carbonyl (C=O) groups excluding carboxylic acids is 1. The van der Waals surface area contributed by atoms with E-state index in [1.165, 1.54) is 11.3 Å². The molecule has 1 saturated heterocycles. The molecule has 1 fully saturated rings. The predicted molar refractivity (Wildman–Crippen MR) is 118 cm³/mol. The molecule has 1 amide bonds. The van der Waals surface area contributed by atoms with Crippen LogP contribution in [0.1, 0.15) is 29.2 Å². The zero-order valence-electron chi connectivity index (χ0n) is 17.7. The molecule has 0 radical (unpaired) electrons. The number of ether oxygens (including phenoxy) is 2. The van der Waals surface area contributed by atoms with E-state index in [4.69, 9.17) is 16.0 Å². The Morgan fingerprint density at radius 3 is 2.87 bits per heavy atom. The van der Waals surface area contributed by atoms with Crippen LogP contribution >= 0.6 is 11.3 Å². The van der Waals surface area contributed by atoms with Crippen molar-refractivity contribution in [3.63, 3.8) is 0 Å². The average Bonchev–Trinajstić information content (AvgIpc) is 3.14. The lowest BCUT2D eigenvalue weighted by atomic mass is 10.2. The predicted octanol–water partition coefficient (Wildman–Crippen LogP) is 3.77. The van der Waals surface area contributed by atoms with Crippen LogP contribution in [-0.2, 0) is 4.74 Å². The molecule has 2 heterocycles. The molecule has 1 aromatic carbocycles. The van der Waals surface area contributed by atoms with Crippen LogP contribution in [0.3, 0.4) is 0 Å². The van der Waals surface area contributed by atoms with Crippen molar-refractivity contribution < 1.29 is 14.3 Å². The number of benzene rings is 1. The highest BCUT2D eigenvalue weighted by Gasteiger charge is 2.18. The highest BCUT2D eigenvalue weighted by Crippen LogP contribution is 2.35. The van der Waals surface area contributed by atoms with Gasteiger partial charge in [-0.2, -0.15) is 0 Å². The lowest BCUT2D eigenvalue weighted by Crippen LogP contribution is -2.41. The van der Waals surface area contributed by atoms with Gasteiger partial charge in [0, 0.05) is 31.7 Å². The Bertz CT molecular complexity index is 914. The van der Waals surface area contributed by atoms with Gasteiger partial charge in [-0.15, -0.1) is 11.3 Å². The Labute approximate surface area is 181 Å². The fraction of sp³-hybridized carbons (Fsp3) is 0.500.